The molecule has 1 fully saturated rings. The second-order valence-corrected chi connectivity index (χ2v) is 9.09. The number of nitrogens with one attached hydrogen (secondary N) is 1. The van der Waals surface area contributed by atoms with Crippen molar-refractivity contribution < 1.29 is 17.6 Å². The van der Waals surface area contributed by atoms with E-state index >= 15 is 0 Å². The quantitative estimate of drug-likeness (QED) is 0.864. The summed E-state index contributed by atoms with van der Waals surface area (Å²) in [5.74, 6) is -0.463. The Balaban J connectivity index is 1.51. The van der Waals surface area contributed by atoms with Gasteiger partial charge in [0.15, 0.2) is 0 Å². The number of piperidine rings is 1. The van der Waals surface area contributed by atoms with Crippen molar-refractivity contribution >= 4 is 27.3 Å². The highest BCUT2D eigenvalue weighted by molar-refractivity contribution is 7.91. The highest BCUT2D eigenvalue weighted by Crippen LogP contribution is 2.24. The summed E-state index contributed by atoms with van der Waals surface area (Å²) in [5.41, 5.74) is 0.747. The van der Waals surface area contributed by atoms with E-state index in [1.54, 1.807) is 29.6 Å². The number of sulfonamides is 1. The van der Waals surface area contributed by atoms with Gasteiger partial charge < -0.3 is 5.32 Å². The van der Waals surface area contributed by atoms with E-state index < -0.39 is 10.0 Å². The first-order chi connectivity index (χ1) is 11.9. The lowest BCUT2D eigenvalue weighted by Gasteiger charge is -2.31. The van der Waals surface area contributed by atoms with Gasteiger partial charge in [-0.1, -0.05) is 18.2 Å². The molecule has 1 saturated heterocycles. The second-order valence-electron chi connectivity index (χ2n) is 5.98. The molecular weight excluding hydrogens is 363 g/mol. The van der Waals surface area contributed by atoms with Crippen molar-refractivity contribution in [2.24, 2.45) is 0 Å². The molecule has 3 rings (SSSR count). The number of carbonyl (C=O) groups excluding carboxylic acids is 1. The van der Waals surface area contributed by atoms with E-state index in [1.807, 2.05) is 0 Å². The lowest BCUT2D eigenvalue weighted by molar-refractivity contribution is -0.121. The maximum atomic E-state index is 12.9. The van der Waals surface area contributed by atoms with Crippen LogP contribution >= 0.6 is 11.3 Å². The lowest BCUT2D eigenvalue weighted by Crippen LogP contribution is -2.46. The Morgan fingerprint density at radius 2 is 1.88 bits per heavy atom. The van der Waals surface area contributed by atoms with Gasteiger partial charge in [0.05, 0.1) is 6.42 Å². The van der Waals surface area contributed by atoms with Crippen molar-refractivity contribution in [3.8, 4) is 0 Å². The van der Waals surface area contributed by atoms with Gasteiger partial charge in [0, 0.05) is 19.1 Å². The number of thiophene rings is 1. The van der Waals surface area contributed by atoms with Crippen molar-refractivity contribution in [2.45, 2.75) is 29.5 Å². The number of carbonyl (C=O) groups is 1. The zero-order chi connectivity index (χ0) is 17.9. The fraction of sp³-hybridized carbons (Fsp3) is 0.353. The van der Waals surface area contributed by atoms with Gasteiger partial charge >= 0.3 is 0 Å². The van der Waals surface area contributed by atoms with Crippen LogP contribution in [0.15, 0.2) is 46.0 Å². The highest BCUT2D eigenvalue weighted by atomic mass is 32.2. The van der Waals surface area contributed by atoms with Crippen LogP contribution in [-0.4, -0.2) is 37.8 Å². The van der Waals surface area contributed by atoms with Gasteiger partial charge in [-0.2, -0.15) is 4.31 Å². The van der Waals surface area contributed by atoms with Gasteiger partial charge in [0.1, 0.15) is 10.0 Å². The lowest BCUT2D eigenvalue weighted by atomic mass is 10.1. The number of amides is 1. The minimum atomic E-state index is -3.42. The first-order valence-electron chi connectivity index (χ1n) is 8.02. The summed E-state index contributed by atoms with van der Waals surface area (Å²) in [6.45, 7) is 0.781. The molecule has 8 heteroatoms. The van der Waals surface area contributed by atoms with E-state index in [0.29, 0.717) is 30.1 Å². The van der Waals surface area contributed by atoms with Crippen LogP contribution in [-0.2, 0) is 21.2 Å². The van der Waals surface area contributed by atoms with Crippen LogP contribution in [0.5, 0.6) is 0 Å². The SMILES string of the molecule is O=C(Cc1ccc(F)cc1)NC1CCN(S(=O)(=O)c2cccs2)CC1. The third-order valence-corrected chi connectivity index (χ3v) is 7.46. The number of rotatable bonds is 5. The van der Waals surface area contributed by atoms with Crippen molar-refractivity contribution in [1.82, 2.24) is 9.62 Å². The topological polar surface area (TPSA) is 66.5 Å². The van der Waals surface area contributed by atoms with Gasteiger partial charge in [-0.25, -0.2) is 12.8 Å². The number of hydrogen-bond acceptors (Lipinski definition) is 4. The van der Waals surface area contributed by atoms with Gasteiger partial charge in [0.25, 0.3) is 10.0 Å². The summed E-state index contributed by atoms with van der Waals surface area (Å²) in [4.78, 5) is 12.1. The van der Waals surface area contributed by atoms with Gasteiger partial charge in [-0.15, -0.1) is 11.3 Å². The second kappa shape index (κ2) is 7.63. The van der Waals surface area contributed by atoms with Crippen molar-refractivity contribution in [2.75, 3.05) is 13.1 Å². The molecule has 1 amide bonds. The molecule has 5 nitrogen and oxygen atoms in total. The predicted octanol–water partition coefficient (Wildman–Crippen LogP) is 2.40. The van der Waals surface area contributed by atoms with Crippen LogP contribution in [0.2, 0.25) is 0 Å². The van der Waals surface area contributed by atoms with E-state index in [9.17, 15) is 17.6 Å². The molecule has 1 aliphatic heterocycles. The van der Waals surface area contributed by atoms with Gasteiger partial charge in [0.2, 0.25) is 5.91 Å². The van der Waals surface area contributed by atoms with Gasteiger partial charge in [-0.3, -0.25) is 4.79 Å². The molecule has 1 aromatic heterocycles. The standard InChI is InChI=1S/C17H19FN2O3S2/c18-14-5-3-13(4-6-14)12-16(21)19-15-7-9-20(10-8-15)25(22,23)17-2-1-11-24-17/h1-6,11,15H,7-10,12H2,(H,19,21). The first-order valence-corrected chi connectivity index (χ1v) is 10.3. The maximum Gasteiger partial charge on any atom is 0.252 e. The van der Waals surface area contributed by atoms with Crippen LogP contribution in [0.25, 0.3) is 0 Å². The number of nitrogens with zero attached hydrogens (tertiary/aromatic N) is 1. The summed E-state index contributed by atoms with van der Waals surface area (Å²) in [5, 5.41) is 4.68. The Bertz CT molecular complexity index is 812. The number of hydrogen-bond donors (Lipinski definition) is 1. The number of halogens is 1. The Kier molecular flexibility index (Phi) is 5.51. The van der Waals surface area contributed by atoms with Crippen LogP contribution < -0.4 is 5.32 Å². The summed E-state index contributed by atoms with van der Waals surface area (Å²) < 4.78 is 39.6. The molecule has 134 valence electrons. The van der Waals surface area contributed by atoms with Crippen molar-refractivity contribution in [3.63, 3.8) is 0 Å². The molecule has 1 aliphatic rings. The van der Waals surface area contributed by atoms with E-state index in [4.69, 9.17) is 0 Å². The van der Waals surface area contributed by atoms with E-state index in [-0.39, 0.29) is 24.2 Å². The Morgan fingerprint density at radius 1 is 1.20 bits per heavy atom. The first kappa shape index (κ1) is 18.0. The average molecular weight is 382 g/mol. The zero-order valence-electron chi connectivity index (χ0n) is 13.5. The zero-order valence-corrected chi connectivity index (χ0v) is 15.2. The molecule has 2 heterocycles. The Morgan fingerprint density at radius 3 is 2.48 bits per heavy atom. The molecule has 0 bridgehead atoms. The van der Waals surface area contributed by atoms with Crippen LogP contribution in [0, 0.1) is 5.82 Å². The third kappa shape index (κ3) is 4.45. The summed E-state index contributed by atoms with van der Waals surface area (Å²) in [6.07, 6.45) is 1.35. The summed E-state index contributed by atoms with van der Waals surface area (Å²) in [6, 6.07) is 9.13. The normalized spacial score (nSPS) is 16.7. The molecule has 1 N–H and O–H groups in total. The summed E-state index contributed by atoms with van der Waals surface area (Å²) in [7, 11) is -3.42. The molecule has 0 radical (unpaired) electrons. The molecular formula is C17H19FN2O3S2. The monoisotopic (exact) mass is 382 g/mol. The smallest absolute Gasteiger partial charge is 0.252 e. The van der Waals surface area contributed by atoms with Crippen LogP contribution in [0.4, 0.5) is 4.39 Å². The van der Waals surface area contributed by atoms with Crippen molar-refractivity contribution in [1.29, 1.82) is 0 Å². The molecule has 0 aliphatic carbocycles. The molecule has 0 spiro atoms. The molecule has 0 saturated carbocycles. The average Bonchev–Trinajstić information content (AvgIpc) is 3.13. The maximum absolute atomic E-state index is 12.9. The molecule has 1 aromatic carbocycles. The molecule has 0 unspecified atom stereocenters. The highest BCUT2D eigenvalue weighted by Gasteiger charge is 2.30. The fourth-order valence-corrected chi connectivity index (χ4v) is 5.46. The van der Waals surface area contributed by atoms with Crippen LogP contribution in [0.1, 0.15) is 18.4 Å². The van der Waals surface area contributed by atoms with E-state index in [1.165, 1.54) is 27.8 Å². The number of benzene rings is 1. The van der Waals surface area contributed by atoms with Crippen molar-refractivity contribution in [3.05, 3.63) is 53.2 Å². The minimum absolute atomic E-state index is 0.0391. The summed E-state index contributed by atoms with van der Waals surface area (Å²) >= 11 is 1.21. The Hall–Kier alpha value is -1.77. The van der Waals surface area contributed by atoms with Gasteiger partial charge in [-0.05, 0) is 42.0 Å². The van der Waals surface area contributed by atoms with Crippen LogP contribution in [0.3, 0.4) is 0 Å². The minimum Gasteiger partial charge on any atom is -0.353 e. The van der Waals surface area contributed by atoms with E-state index in [2.05, 4.69) is 5.32 Å². The fourth-order valence-electron chi connectivity index (χ4n) is 2.84. The van der Waals surface area contributed by atoms with E-state index in [0.717, 1.165) is 5.56 Å². The molecule has 0 atom stereocenters. The predicted molar refractivity (Wildman–Crippen MR) is 94.3 cm³/mol. The third-order valence-electron chi connectivity index (χ3n) is 4.19. The largest absolute Gasteiger partial charge is 0.353 e. The Labute approximate surface area is 150 Å². The molecule has 2 aromatic rings. The molecule has 25 heavy (non-hydrogen) atoms.